The van der Waals surface area contributed by atoms with Crippen molar-refractivity contribution >= 4 is 5.91 Å². The van der Waals surface area contributed by atoms with Gasteiger partial charge in [0.15, 0.2) is 0 Å². The van der Waals surface area contributed by atoms with Gasteiger partial charge in [0.1, 0.15) is 12.4 Å². The molecule has 2 rings (SSSR count). The van der Waals surface area contributed by atoms with E-state index in [1.165, 1.54) is 0 Å². The molecular formula is C13H18N2O3. The molecule has 0 radical (unpaired) electrons. The molecule has 1 aliphatic heterocycles. The first kappa shape index (κ1) is 12.8. The number of carbonyl (C=O) groups excluding carboxylic acids is 1. The Hall–Kier alpha value is -1.62. The third-order valence-corrected chi connectivity index (χ3v) is 3.25. The van der Waals surface area contributed by atoms with Crippen molar-refractivity contribution in [2.24, 2.45) is 5.92 Å². The van der Waals surface area contributed by atoms with E-state index in [9.17, 15) is 4.79 Å². The van der Waals surface area contributed by atoms with Gasteiger partial charge in [0.05, 0.1) is 24.8 Å². The van der Waals surface area contributed by atoms with Gasteiger partial charge in [-0.2, -0.15) is 0 Å². The molecule has 5 heteroatoms. The number of amides is 1. The molecule has 1 unspecified atom stereocenters. The maximum atomic E-state index is 11.9. The molecule has 0 bridgehead atoms. The van der Waals surface area contributed by atoms with E-state index < -0.39 is 0 Å². The summed E-state index contributed by atoms with van der Waals surface area (Å²) in [5.41, 5.74) is 0. The van der Waals surface area contributed by atoms with Gasteiger partial charge in [-0.3, -0.25) is 9.78 Å². The molecule has 2 heterocycles. The summed E-state index contributed by atoms with van der Waals surface area (Å²) < 4.78 is 10.7. The number of likely N-dealkylation sites (N-methyl/N-ethyl adjacent to an activating group) is 1. The average molecular weight is 250 g/mol. The number of rotatable bonds is 5. The summed E-state index contributed by atoms with van der Waals surface area (Å²) >= 11 is 0. The molecule has 0 aliphatic carbocycles. The van der Waals surface area contributed by atoms with Crippen molar-refractivity contribution in [2.75, 3.05) is 27.4 Å². The average Bonchev–Trinajstić information content (AvgIpc) is 2.66. The van der Waals surface area contributed by atoms with Gasteiger partial charge < -0.3 is 14.4 Å². The van der Waals surface area contributed by atoms with E-state index in [2.05, 4.69) is 4.98 Å². The fraction of sp³-hybridized carbons (Fsp3) is 0.538. The number of ether oxygens (including phenoxy) is 2. The van der Waals surface area contributed by atoms with Gasteiger partial charge in [-0.15, -0.1) is 0 Å². The van der Waals surface area contributed by atoms with Crippen molar-refractivity contribution < 1.29 is 14.3 Å². The van der Waals surface area contributed by atoms with Crippen LogP contribution in [0.2, 0.25) is 0 Å². The van der Waals surface area contributed by atoms with Gasteiger partial charge in [-0.1, -0.05) is 0 Å². The third kappa shape index (κ3) is 2.79. The van der Waals surface area contributed by atoms with E-state index in [-0.39, 0.29) is 17.9 Å². The fourth-order valence-electron chi connectivity index (χ4n) is 2.20. The van der Waals surface area contributed by atoms with Gasteiger partial charge in [0.25, 0.3) is 0 Å². The number of likely N-dealkylation sites (tertiary alicyclic amines) is 1. The fourth-order valence-corrected chi connectivity index (χ4v) is 2.20. The molecule has 18 heavy (non-hydrogen) atoms. The van der Waals surface area contributed by atoms with Crippen molar-refractivity contribution in [2.45, 2.75) is 12.5 Å². The molecular weight excluding hydrogens is 232 g/mol. The van der Waals surface area contributed by atoms with Crippen LogP contribution in [0.1, 0.15) is 6.42 Å². The zero-order valence-electron chi connectivity index (χ0n) is 10.7. The Bertz CT molecular complexity index is 396. The second-order valence-corrected chi connectivity index (χ2v) is 4.49. The van der Waals surface area contributed by atoms with Crippen LogP contribution in [0, 0.1) is 5.92 Å². The van der Waals surface area contributed by atoms with Gasteiger partial charge in [-0.25, -0.2) is 0 Å². The molecule has 1 fully saturated rings. The predicted molar refractivity (Wildman–Crippen MR) is 66.3 cm³/mol. The number of nitrogens with zero attached hydrogens (tertiary/aromatic N) is 2. The van der Waals surface area contributed by atoms with Crippen molar-refractivity contribution in [3.8, 4) is 5.75 Å². The van der Waals surface area contributed by atoms with E-state index in [4.69, 9.17) is 9.47 Å². The summed E-state index contributed by atoms with van der Waals surface area (Å²) in [6, 6.07) is 3.79. The van der Waals surface area contributed by atoms with Gasteiger partial charge in [0, 0.05) is 20.4 Å². The highest BCUT2D eigenvalue weighted by Crippen LogP contribution is 2.24. The lowest BCUT2D eigenvalue weighted by atomic mass is 10.1. The van der Waals surface area contributed by atoms with E-state index in [0.717, 1.165) is 12.2 Å². The van der Waals surface area contributed by atoms with Crippen LogP contribution < -0.4 is 4.74 Å². The molecule has 1 aliphatic rings. The molecule has 5 nitrogen and oxygen atoms in total. The van der Waals surface area contributed by atoms with Gasteiger partial charge in [0.2, 0.25) is 5.91 Å². The quantitative estimate of drug-likeness (QED) is 0.781. The van der Waals surface area contributed by atoms with Crippen molar-refractivity contribution in [3.05, 3.63) is 24.5 Å². The molecule has 0 spiro atoms. The van der Waals surface area contributed by atoms with E-state index >= 15 is 0 Å². The Morgan fingerprint density at radius 3 is 3.00 bits per heavy atom. The Kier molecular flexibility index (Phi) is 4.15. The normalized spacial score (nSPS) is 23.4. The summed E-state index contributed by atoms with van der Waals surface area (Å²) in [6.45, 7) is 0.973. The summed E-state index contributed by atoms with van der Waals surface area (Å²) in [6.07, 6.45) is 4.15. The molecule has 98 valence electrons. The van der Waals surface area contributed by atoms with E-state index in [0.29, 0.717) is 13.2 Å². The standard InChI is InChI=1S/C13H18N2O3/c1-15-11(6-10(8-17-2)13(15)16)9-18-12-4-3-5-14-7-12/h3-5,7,10-11H,6,8-9H2,1-2H3/t10?,11-/m0/s1. The summed E-state index contributed by atoms with van der Waals surface area (Å²) in [5, 5.41) is 0. The largest absolute Gasteiger partial charge is 0.490 e. The van der Waals surface area contributed by atoms with Crippen molar-refractivity contribution in [1.82, 2.24) is 9.88 Å². The summed E-state index contributed by atoms with van der Waals surface area (Å²) in [7, 11) is 3.43. The highest BCUT2D eigenvalue weighted by atomic mass is 16.5. The highest BCUT2D eigenvalue weighted by molar-refractivity contribution is 5.81. The minimum atomic E-state index is -0.0394. The molecule has 0 N–H and O–H groups in total. The van der Waals surface area contributed by atoms with Crippen LogP contribution in [-0.2, 0) is 9.53 Å². The predicted octanol–water partition coefficient (Wildman–Crippen LogP) is 0.954. The first-order chi connectivity index (χ1) is 8.72. The molecule has 1 aromatic rings. The van der Waals surface area contributed by atoms with Crippen molar-refractivity contribution in [3.63, 3.8) is 0 Å². The zero-order chi connectivity index (χ0) is 13.0. The summed E-state index contributed by atoms with van der Waals surface area (Å²) in [4.78, 5) is 17.6. The molecule has 0 aromatic carbocycles. The topological polar surface area (TPSA) is 51.7 Å². The molecule has 2 atom stereocenters. The number of hydrogen-bond acceptors (Lipinski definition) is 4. The van der Waals surface area contributed by atoms with Gasteiger partial charge >= 0.3 is 0 Å². The highest BCUT2D eigenvalue weighted by Gasteiger charge is 2.37. The van der Waals surface area contributed by atoms with Crippen LogP contribution in [0.25, 0.3) is 0 Å². The minimum Gasteiger partial charge on any atom is -0.490 e. The number of hydrogen-bond donors (Lipinski definition) is 0. The first-order valence-corrected chi connectivity index (χ1v) is 6.00. The maximum Gasteiger partial charge on any atom is 0.228 e. The van der Waals surface area contributed by atoms with Crippen LogP contribution >= 0.6 is 0 Å². The SMILES string of the molecule is COCC1C[C@@H](COc2cccnc2)N(C)C1=O. The lowest BCUT2D eigenvalue weighted by Gasteiger charge is -2.19. The number of pyridine rings is 1. The lowest BCUT2D eigenvalue weighted by Crippen LogP contribution is -2.34. The Morgan fingerprint density at radius 1 is 1.50 bits per heavy atom. The van der Waals surface area contributed by atoms with Gasteiger partial charge in [-0.05, 0) is 18.6 Å². The first-order valence-electron chi connectivity index (χ1n) is 6.00. The van der Waals surface area contributed by atoms with E-state index in [1.807, 2.05) is 19.2 Å². The second kappa shape index (κ2) is 5.82. The molecule has 0 saturated carbocycles. The van der Waals surface area contributed by atoms with Crippen LogP contribution in [0.4, 0.5) is 0 Å². The molecule has 1 amide bonds. The molecule has 1 saturated heterocycles. The number of methoxy groups -OCH3 is 1. The van der Waals surface area contributed by atoms with Crippen LogP contribution in [0.3, 0.4) is 0 Å². The second-order valence-electron chi connectivity index (χ2n) is 4.49. The maximum absolute atomic E-state index is 11.9. The smallest absolute Gasteiger partial charge is 0.228 e. The Morgan fingerprint density at radius 2 is 2.33 bits per heavy atom. The lowest BCUT2D eigenvalue weighted by molar-refractivity contribution is -0.132. The van der Waals surface area contributed by atoms with Crippen molar-refractivity contribution in [1.29, 1.82) is 0 Å². The minimum absolute atomic E-state index is 0.0394. The zero-order valence-corrected chi connectivity index (χ0v) is 10.7. The van der Waals surface area contributed by atoms with Crippen LogP contribution in [0.15, 0.2) is 24.5 Å². The van der Waals surface area contributed by atoms with Crippen LogP contribution in [-0.4, -0.2) is 49.2 Å². The summed E-state index contributed by atoms with van der Waals surface area (Å²) in [5.74, 6) is 0.827. The molecule has 1 aromatic heterocycles. The third-order valence-electron chi connectivity index (χ3n) is 3.25. The number of aromatic nitrogens is 1. The van der Waals surface area contributed by atoms with Crippen LogP contribution in [0.5, 0.6) is 5.75 Å². The van der Waals surface area contributed by atoms with E-state index in [1.54, 1.807) is 24.4 Å². The Balaban J connectivity index is 1.89. The Labute approximate surface area is 107 Å². The monoisotopic (exact) mass is 250 g/mol. The number of carbonyl (C=O) groups is 1.